The van der Waals surface area contributed by atoms with Crippen molar-refractivity contribution in [2.75, 3.05) is 31.5 Å². The van der Waals surface area contributed by atoms with E-state index in [1.54, 1.807) is 23.5 Å². The Balaban J connectivity index is 1.40. The topological polar surface area (TPSA) is 57.3 Å². The van der Waals surface area contributed by atoms with Gasteiger partial charge in [-0.15, -0.1) is 11.3 Å². The number of rotatable bonds is 5. The van der Waals surface area contributed by atoms with E-state index in [1.807, 2.05) is 36.4 Å². The summed E-state index contributed by atoms with van der Waals surface area (Å²) in [7, 11) is 0. The van der Waals surface area contributed by atoms with Crippen LogP contribution in [0.15, 0.2) is 71.2 Å². The molecule has 1 saturated heterocycles. The summed E-state index contributed by atoms with van der Waals surface area (Å²) in [5.41, 5.74) is 4.61. The zero-order valence-electron chi connectivity index (χ0n) is 17.5. The Morgan fingerprint density at radius 1 is 1.06 bits per heavy atom. The Labute approximate surface area is 199 Å². The molecule has 1 amide bonds. The highest BCUT2D eigenvalue weighted by molar-refractivity contribution is 9.10. The Morgan fingerprint density at radius 3 is 2.66 bits per heavy atom. The first-order valence-electron chi connectivity index (χ1n) is 10.6. The molecule has 2 N–H and O–H groups in total. The largest absolute Gasteiger partial charge is 0.321 e. The Kier molecular flexibility index (Phi) is 6.32. The number of benzene rings is 3. The van der Waals surface area contributed by atoms with E-state index in [4.69, 9.17) is 4.98 Å². The lowest BCUT2D eigenvalue weighted by atomic mass is 10.1. The number of thiazole rings is 1. The van der Waals surface area contributed by atoms with Gasteiger partial charge in [0.1, 0.15) is 5.01 Å². The van der Waals surface area contributed by atoms with Crippen LogP contribution in [0.1, 0.15) is 15.9 Å². The number of carbonyl (C=O) groups excluding carboxylic acids is 1. The van der Waals surface area contributed by atoms with Crippen molar-refractivity contribution in [1.29, 1.82) is 0 Å². The second-order valence-electron chi connectivity index (χ2n) is 7.85. The number of halogens is 1. The molecule has 4 aromatic rings. The molecule has 0 radical (unpaired) electrons. The maximum atomic E-state index is 12.8. The first-order chi connectivity index (χ1) is 15.7. The molecule has 1 fully saturated rings. The number of nitrogens with one attached hydrogen (secondary N) is 2. The highest BCUT2D eigenvalue weighted by Gasteiger charge is 2.15. The van der Waals surface area contributed by atoms with Gasteiger partial charge in [0, 0.05) is 48.3 Å². The summed E-state index contributed by atoms with van der Waals surface area (Å²) >= 11 is 5.08. The van der Waals surface area contributed by atoms with Crippen LogP contribution in [0.25, 0.3) is 20.8 Å². The molecule has 0 aliphatic carbocycles. The Hall–Kier alpha value is -2.58. The van der Waals surface area contributed by atoms with E-state index >= 15 is 0 Å². The van der Waals surface area contributed by atoms with Gasteiger partial charge in [0.25, 0.3) is 5.91 Å². The van der Waals surface area contributed by atoms with Gasteiger partial charge in [-0.2, -0.15) is 0 Å². The van der Waals surface area contributed by atoms with Crippen LogP contribution in [-0.4, -0.2) is 42.0 Å². The first-order valence-corrected chi connectivity index (χ1v) is 12.3. The molecule has 0 unspecified atom stereocenters. The molecule has 32 heavy (non-hydrogen) atoms. The molecule has 7 heteroatoms. The van der Waals surface area contributed by atoms with Crippen molar-refractivity contribution < 1.29 is 4.79 Å². The van der Waals surface area contributed by atoms with Gasteiger partial charge in [-0.05, 0) is 54.1 Å². The van der Waals surface area contributed by atoms with Crippen molar-refractivity contribution in [1.82, 2.24) is 15.2 Å². The number of fused-ring (bicyclic) bond motifs is 1. The molecule has 0 spiro atoms. The average Bonchev–Trinajstić information content (AvgIpc) is 3.24. The van der Waals surface area contributed by atoms with Crippen molar-refractivity contribution in [2.45, 2.75) is 6.54 Å². The van der Waals surface area contributed by atoms with E-state index < -0.39 is 0 Å². The average molecular weight is 507 g/mol. The third-order valence-electron chi connectivity index (χ3n) is 5.58. The maximum Gasteiger partial charge on any atom is 0.255 e. The molecular weight excluding hydrogens is 484 g/mol. The number of amides is 1. The van der Waals surface area contributed by atoms with E-state index in [0.717, 1.165) is 59.0 Å². The highest BCUT2D eigenvalue weighted by atomic mass is 79.9. The summed E-state index contributed by atoms with van der Waals surface area (Å²) in [5, 5.41) is 7.36. The van der Waals surface area contributed by atoms with Gasteiger partial charge >= 0.3 is 0 Å². The number of para-hydroxylation sites is 1. The summed E-state index contributed by atoms with van der Waals surface area (Å²) in [5.74, 6) is -0.135. The number of nitrogens with zero attached hydrogens (tertiary/aromatic N) is 2. The quantitative estimate of drug-likeness (QED) is 0.381. The minimum Gasteiger partial charge on any atom is -0.321 e. The van der Waals surface area contributed by atoms with Crippen molar-refractivity contribution in [3.05, 3.63) is 82.3 Å². The molecule has 0 bridgehead atoms. The molecule has 0 saturated carbocycles. The van der Waals surface area contributed by atoms with Gasteiger partial charge in [0.05, 0.1) is 15.9 Å². The molecule has 1 aliphatic heterocycles. The summed E-state index contributed by atoms with van der Waals surface area (Å²) in [4.78, 5) is 20.1. The van der Waals surface area contributed by atoms with E-state index in [-0.39, 0.29) is 5.91 Å². The van der Waals surface area contributed by atoms with Crippen LogP contribution < -0.4 is 10.6 Å². The fourth-order valence-corrected chi connectivity index (χ4v) is 5.22. The van der Waals surface area contributed by atoms with Crippen molar-refractivity contribution in [3.8, 4) is 10.6 Å². The molecule has 0 atom stereocenters. The molecule has 5 nitrogen and oxygen atoms in total. The Morgan fingerprint density at radius 2 is 1.84 bits per heavy atom. The Bertz CT molecular complexity index is 1250. The zero-order valence-corrected chi connectivity index (χ0v) is 19.9. The van der Waals surface area contributed by atoms with E-state index in [2.05, 4.69) is 49.7 Å². The lowest BCUT2D eigenvalue weighted by Gasteiger charge is -2.27. The van der Waals surface area contributed by atoms with Crippen LogP contribution in [0, 0.1) is 0 Å². The standard InChI is InChI=1S/C25H23BrN4OS/c26-19-8-6-18(7-9-19)24(31)28-21-4-2-1-3-20(21)25-29-22-10-5-17(15-23(22)32-25)16-30-13-11-27-12-14-30/h1-10,15,27H,11-14,16H2,(H,28,31). The van der Waals surface area contributed by atoms with Crippen molar-refractivity contribution in [2.24, 2.45) is 0 Å². The minimum atomic E-state index is -0.135. The normalized spacial score (nSPS) is 14.5. The van der Waals surface area contributed by atoms with Crippen LogP contribution in [0.2, 0.25) is 0 Å². The highest BCUT2D eigenvalue weighted by Crippen LogP contribution is 2.35. The minimum absolute atomic E-state index is 0.135. The lowest BCUT2D eigenvalue weighted by Crippen LogP contribution is -2.42. The predicted molar refractivity (Wildman–Crippen MR) is 135 cm³/mol. The van der Waals surface area contributed by atoms with Gasteiger partial charge in [-0.25, -0.2) is 4.98 Å². The van der Waals surface area contributed by atoms with Gasteiger partial charge in [0.2, 0.25) is 0 Å². The molecule has 5 rings (SSSR count). The zero-order chi connectivity index (χ0) is 21.9. The second-order valence-corrected chi connectivity index (χ2v) is 9.80. The van der Waals surface area contributed by atoms with Crippen molar-refractivity contribution >= 4 is 49.1 Å². The number of aromatic nitrogens is 1. The predicted octanol–water partition coefficient (Wildman–Crippen LogP) is 5.38. The number of carbonyl (C=O) groups is 1. The summed E-state index contributed by atoms with van der Waals surface area (Å²) in [6.45, 7) is 5.23. The maximum absolute atomic E-state index is 12.8. The third kappa shape index (κ3) is 4.76. The van der Waals surface area contributed by atoms with Crippen LogP contribution in [0.3, 0.4) is 0 Å². The number of hydrogen-bond acceptors (Lipinski definition) is 5. The molecular formula is C25H23BrN4OS. The molecule has 3 aromatic carbocycles. The fraction of sp³-hybridized carbons (Fsp3) is 0.200. The fourth-order valence-electron chi connectivity index (χ4n) is 3.88. The number of anilines is 1. The van der Waals surface area contributed by atoms with Crippen LogP contribution in [-0.2, 0) is 6.54 Å². The van der Waals surface area contributed by atoms with Crippen LogP contribution in [0.4, 0.5) is 5.69 Å². The smallest absolute Gasteiger partial charge is 0.255 e. The van der Waals surface area contributed by atoms with E-state index in [0.29, 0.717) is 5.56 Å². The molecule has 162 valence electrons. The third-order valence-corrected chi connectivity index (χ3v) is 7.16. The summed E-state index contributed by atoms with van der Waals surface area (Å²) in [6.07, 6.45) is 0. The summed E-state index contributed by atoms with van der Waals surface area (Å²) < 4.78 is 2.11. The van der Waals surface area contributed by atoms with Crippen LogP contribution in [0.5, 0.6) is 0 Å². The second kappa shape index (κ2) is 9.50. The monoisotopic (exact) mass is 506 g/mol. The number of hydrogen-bond donors (Lipinski definition) is 2. The van der Waals surface area contributed by atoms with Gasteiger partial charge in [-0.1, -0.05) is 34.1 Å². The van der Waals surface area contributed by atoms with Gasteiger partial charge in [-0.3, -0.25) is 9.69 Å². The molecule has 2 heterocycles. The number of piperazine rings is 1. The SMILES string of the molecule is O=C(Nc1ccccc1-c1nc2ccc(CN3CCNCC3)cc2s1)c1ccc(Br)cc1. The molecule has 1 aliphatic rings. The molecule has 1 aromatic heterocycles. The van der Waals surface area contributed by atoms with Crippen molar-refractivity contribution in [3.63, 3.8) is 0 Å². The van der Waals surface area contributed by atoms with E-state index in [9.17, 15) is 4.79 Å². The van der Waals surface area contributed by atoms with E-state index in [1.165, 1.54) is 10.3 Å². The van der Waals surface area contributed by atoms with Crippen LogP contribution >= 0.6 is 27.3 Å². The summed E-state index contributed by atoms with van der Waals surface area (Å²) in [6, 6.07) is 21.7. The van der Waals surface area contributed by atoms with Gasteiger partial charge in [0.15, 0.2) is 0 Å². The first kappa shape index (κ1) is 21.3. The lowest BCUT2D eigenvalue weighted by molar-refractivity contribution is 0.102. The van der Waals surface area contributed by atoms with Gasteiger partial charge < -0.3 is 10.6 Å².